The van der Waals surface area contributed by atoms with Gasteiger partial charge in [0.2, 0.25) is 0 Å². The number of aliphatic hydroxyl groups excluding tert-OH is 1. The first-order valence-corrected chi connectivity index (χ1v) is 8.16. The summed E-state index contributed by atoms with van der Waals surface area (Å²) in [6, 6.07) is 7.34. The fourth-order valence-corrected chi connectivity index (χ4v) is 2.23. The van der Waals surface area contributed by atoms with Gasteiger partial charge in [0.1, 0.15) is 18.5 Å². The van der Waals surface area contributed by atoms with Crippen LogP contribution >= 0.6 is 0 Å². The largest absolute Gasteiger partial charge is 0.491 e. The molecule has 0 saturated heterocycles. The summed E-state index contributed by atoms with van der Waals surface area (Å²) in [7, 11) is 0. The summed E-state index contributed by atoms with van der Waals surface area (Å²) in [5.74, 6) is -0.137. The first-order chi connectivity index (χ1) is 13.5. The Morgan fingerprint density at radius 3 is 2.34 bits per heavy atom. The number of hydrogen-bond acceptors (Lipinski definition) is 3. The number of hydrogen-bond donors (Lipinski definition) is 3. The number of carbonyl (C=O) groups excluding carboxylic acids is 1. The summed E-state index contributed by atoms with van der Waals surface area (Å²) in [6.07, 6.45) is -10.5. The molecule has 2 aromatic carbocycles. The van der Waals surface area contributed by atoms with Gasteiger partial charge in [-0.2, -0.15) is 26.3 Å². The van der Waals surface area contributed by atoms with Crippen LogP contribution in [-0.4, -0.2) is 30.4 Å². The van der Waals surface area contributed by atoms with Crippen LogP contribution in [0.15, 0.2) is 48.5 Å². The number of para-hydroxylation sites is 1. The van der Waals surface area contributed by atoms with E-state index in [1.165, 1.54) is 18.2 Å². The van der Waals surface area contributed by atoms with E-state index in [-0.39, 0.29) is 5.75 Å². The van der Waals surface area contributed by atoms with Crippen LogP contribution in [0.2, 0.25) is 0 Å². The number of ether oxygens (including phenoxy) is 1. The average Bonchev–Trinajstić information content (AvgIpc) is 2.64. The van der Waals surface area contributed by atoms with E-state index in [0.717, 1.165) is 30.3 Å². The second-order valence-corrected chi connectivity index (χ2v) is 5.87. The van der Waals surface area contributed by atoms with Crippen LogP contribution in [0.3, 0.4) is 0 Å². The van der Waals surface area contributed by atoms with Crippen molar-refractivity contribution in [2.45, 2.75) is 18.5 Å². The summed E-state index contributed by atoms with van der Waals surface area (Å²) in [6.45, 7) is -0.848. The minimum Gasteiger partial charge on any atom is -0.491 e. The topological polar surface area (TPSA) is 70.6 Å². The van der Waals surface area contributed by atoms with Gasteiger partial charge >= 0.3 is 18.4 Å². The zero-order valence-corrected chi connectivity index (χ0v) is 14.6. The van der Waals surface area contributed by atoms with Gasteiger partial charge in [0.05, 0.1) is 16.8 Å². The van der Waals surface area contributed by atoms with Gasteiger partial charge in [-0.3, -0.25) is 0 Å². The van der Waals surface area contributed by atoms with E-state index in [2.05, 4.69) is 5.32 Å². The van der Waals surface area contributed by atoms with Crippen molar-refractivity contribution in [3.05, 3.63) is 59.7 Å². The molecule has 0 aromatic heterocycles. The fourth-order valence-electron chi connectivity index (χ4n) is 2.23. The van der Waals surface area contributed by atoms with Crippen molar-refractivity contribution in [2.75, 3.05) is 18.5 Å². The summed E-state index contributed by atoms with van der Waals surface area (Å²) in [4.78, 5) is 11.8. The highest BCUT2D eigenvalue weighted by molar-refractivity contribution is 5.90. The molecular formula is C18H16F6N2O3. The van der Waals surface area contributed by atoms with Crippen molar-refractivity contribution in [2.24, 2.45) is 0 Å². The number of carbonyl (C=O) groups is 1. The number of amides is 2. The van der Waals surface area contributed by atoms with Crippen LogP contribution in [0, 0.1) is 0 Å². The van der Waals surface area contributed by atoms with Gasteiger partial charge in [-0.25, -0.2) is 4.79 Å². The van der Waals surface area contributed by atoms with E-state index < -0.39 is 54.5 Å². The van der Waals surface area contributed by atoms with Crippen LogP contribution in [0.5, 0.6) is 5.75 Å². The molecular weight excluding hydrogens is 406 g/mol. The lowest BCUT2D eigenvalue weighted by Crippen LogP contribution is -2.38. The van der Waals surface area contributed by atoms with Gasteiger partial charge in [-0.05, 0) is 30.3 Å². The summed E-state index contributed by atoms with van der Waals surface area (Å²) < 4.78 is 81.6. The summed E-state index contributed by atoms with van der Waals surface area (Å²) in [5, 5.41) is 13.9. The second kappa shape index (κ2) is 9.03. The Morgan fingerprint density at radius 2 is 1.69 bits per heavy atom. The predicted molar refractivity (Wildman–Crippen MR) is 91.4 cm³/mol. The van der Waals surface area contributed by atoms with Crippen LogP contribution in [0.25, 0.3) is 0 Å². The number of halogens is 6. The molecule has 0 radical (unpaired) electrons. The molecule has 158 valence electrons. The third kappa shape index (κ3) is 6.86. The summed E-state index contributed by atoms with van der Waals surface area (Å²) >= 11 is 0. The maximum absolute atomic E-state index is 12.9. The first-order valence-electron chi connectivity index (χ1n) is 8.16. The van der Waals surface area contributed by atoms with E-state index in [4.69, 9.17) is 4.74 Å². The Kier molecular flexibility index (Phi) is 6.96. The molecule has 0 aliphatic rings. The number of alkyl halides is 6. The Bertz CT molecular complexity index is 839. The van der Waals surface area contributed by atoms with E-state index >= 15 is 0 Å². The molecule has 0 bridgehead atoms. The average molecular weight is 422 g/mol. The van der Waals surface area contributed by atoms with Crippen molar-refractivity contribution >= 4 is 11.7 Å². The maximum Gasteiger partial charge on any atom is 0.418 e. The highest BCUT2D eigenvalue weighted by Crippen LogP contribution is 2.34. The van der Waals surface area contributed by atoms with Gasteiger partial charge in [0, 0.05) is 6.54 Å². The Hall–Kier alpha value is -2.95. The molecule has 11 heteroatoms. The number of rotatable bonds is 6. The maximum atomic E-state index is 12.9. The molecule has 0 heterocycles. The van der Waals surface area contributed by atoms with Crippen molar-refractivity contribution in [3.8, 4) is 5.75 Å². The Balaban J connectivity index is 1.84. The SMILES string of the molecule is O=C(NCC(O)COc1cccc(C(F)(F)F)c1)Nc1ccccc1C(F)(F)F. The minimum atomic E-state index is -4.66. The van der Waals surface area contributed by atoms with Crippen LogP contribution in [0.1, 0.15) is 11.1 Å². The van der Waals surface area contributed by atoms with Gasteiger partial charge in [0.25, 0.3) is 0 Å². The number of urea groups is 1. The molecule has 29 heavy (non-hydrogen) atoms. The third-order valence-electron chi connectivity index (χ3n) is 3.58. The van der Waals surface area contributed by atoms with E-state index in [1.54, 1.807) is 0 Å². The standard InChI is InChI=1S/C18H16F6N2O3/c19-17(20,21)11-4-3-5-13(8-11)29-10-12(27)9-25-16(28)26-15-7-2-1-6-14(15)18(22,23)24/h1-8,12,27H,9-10H2,(H2,25,26,28). The Labute approximate surface area is 161 Å². The van der Waals surface area contributed by atoms with Crippen LogP contribution < -0.4 is 15.4 Å². The lowest BCUT2D eigenvalue weighted by molar-refractivity contribution is -0.138. The molecule has 0 saturated carbocycles. The Morgan fingerprint density at radius 1 is 1.00 bits per heavy atom. The molecule has 1 atom stereocenters. The lowest BCUT2D eigenvalue weighted by atomic mass is 10.1. The quantitative estimate of drug-likeness (QED) is 0.609. The minimum absolute atomic E-state index is 0.137. The molecule has 1 unspecified atom stereocenters. The van der Waals surface area contributed by atoms with Gasteiger partial charge in [-0.15, -0.1) is 0 Å². The molecule has 0 aliphatic carbocycles. The molecule has 0 spiro atoms. The number of nitrogens with one attached hydrogen (secondary N) is 2. The van der Waals surface area contributed by atoms with Crippen molar-refractivity contribution in [3.63, 3.8) is 0 Å². The molecule has 5 nitrogen and oxygen atoms in total. The van der Waals surface area contributed by atoms with Crippen LogP contribution in [0.4, 0.5) is 36.8 Å². The highest BCUT2D eigenvalue weighted by Gasteiger charge is 2.33. The molecule has 0 fully saturated rings. The van der Waals surface area contributed by atoms with Gasteiger partial charge < -0.3 is 20.5 Å². The van der Waals surface area contributed by atoms with Crippen molar-refractivity contribution < 1.29 is 41.0 Å². The van der Waals surface area contributed by atoms with E-state index in [9.17, 15) is 36.2 Å². The smallest absolute Gasteiger partial charge is 0.418 e. The first kappa shape index (κ1) is 22.3. The van der Waals surface area contributed by atoms with Crippen LogP contribution in [-0.2, 0) is 12.4 Å². The van der Waals surface area contributed by atoms with Gasteiger partial charge in [-0.1, -0.05) is 18.2 Å². The second-order valence-electron chi connectivity index (χ2n) is 5.87. The van der Waals surface area contributed by atoms with Crippen molar-refractivity contribution in [1.82, 2.24) is 5.32 Å². The lowest BCUT2D eigenvalue weighted by Gasteiger charge is -2.16. The molecule has 2 aromatic rings. The molecule has 2 amide bonds. The number of anilines is 1. The zero-order valence-electron chi connectivity index (χ0n) is 14.6. The normalized spacial score (nSPS) is 12.9. The number of benzene rings is 2. The van der Waals surface area contributed by atoms with E-state index in [0.29, 0.717) is 0 Å². The molecule has 0 aliphatic heterocycles. The third-order valence-corrected chi connectivity index (χ3v) is 3.58. The number of aliphatic hydroxyl groups is 1. The summed E-state index contributed by atoms with van der Waals surface area (Å²) in [5.41, 5.74) is -2.43. The fraction of sp³-hybridized carbons (Fsp3) is 0.278. The monoisotopic (exact) mass is 422 g/mol. The molecule has 3 N–H and O–H groups in total. The van der Waals surface area contributed by atoms with Gasteiger partial charge in [0.15, 0.2) is 0 Å². The highest BCUT2D eigenvalue weighted by atomic mass is 19.4. The molecule has 2 rings (SSSR count). The zero-order chi connectivity index (χ0) is 21.7. The van der Waals surface area contributed by atoms with Crippen molar-refractivity contribution in [1.29, 1.82) is 0 Å². The predicted octanol–water partition coefficient (Wildman–Crippen LogP) is 4.29. The van der Waals surface area contributed by atoms with E-state index in [1.807, 2.05) is 5.32 Å².